The van der Waals surface area contributed by atoms with Gasteiger partial charge in [0.2, 0.25) is 0 Å². The van der Waals surface area contributed by atoms with E-state index in [1.54, 1.807) is 12.1 Å². The van der Waals surface area contributed by atoms with Crippen molar-refractivity contribution in [1.82, 2.24) is 14.9 Å². The lowest BCUT2D eigenvalue weighted by molar-refractivity contribution is 0.550. The van der Waals surface area contributed by atoms with E-state index in [0.717, 1.165) is 11.3 Å². The van der Waals surface area contributed by atoms with Crippen LogP contribution in [0.15, 0.2) is 30.7 Å². The molecule has 19 heavy (non-hydrogen) atoms. The van der Waals surface area contributed by atoms with E-state index in [9.17, 15) is 4.39 Å². The summed E-state index contributed by atoms with van der Waals surface area (Å²) >= 11 is 5.74. The molecule has 1 heterocycles. The van der Waals surface area contributed by atoms with Crippen molar-refractivity contribution in [2.75, 3.05) is 0 Å². The molecule has 2 rings (SSSR count). The molecule has 5 heteroatoms. The van der Waals surface area contributed by atoms with E-state index in [0.29, 0.717) is 19.1 Å². The van der Waals surface area contributed by atoms with Gasteiger partial charge in [0, 0.05) is 25.3 Å². The van der Waals surface area contributed by atoms with Gasteiger partial charge in [0.15, 0.2) is 0 Å². The maximum atomic E-state index is 13.0. The third-order valence-corrected chi connectivity index (χ3v) is 3.21. The van der Waals surface area contributed by atoms with E-state index in [2.05, 4.69) is 28.7 Å². The topological polar surface area (TPSA) is 29.9 Å². The third kappa shape index (κ3) is 3.55. The van der Waals surface area contributed by atoms with Crippen LogP contribution in [0, 0.1) is 5.82 Å². The Hall–Kier alpha value is -1.39. The van der Waals surface area contributed by atoms with Gasteiger partial charge in [0.1, 0.15) is 5.82 Å². The van der Waals surface area contributed by atoms with E-state index in [1.807, 2.05) is 12.5 Å². The highest BCUT2D eigenvalue weighted by atomic mass is 35.5. The van der Waals surface area contributed by atoms with E-state index < -0.39 is 0 Å². The third-order valence-electron chi connectivity index (χ3n) is 2.92. The molecule has 1 aromatic carbocycles. The fourth-order valence-electron chi connectivity index (χ4n) is 1.92. The number of imidazole rings is 1. The molecule has 0 atom stereocenters. The predicted octanol–water partition coefficient (Wildman–Crippen LogP) is 3.55. The van der Waals surface area contributed by atoms with Crippen LogP contribution >= 0.6 is 11.6 Å². The second kappa shape index (κ2) is 6.17. The molecule has 0 aliphatic rings. The summed E-state index contributed by atoms with van der Waals surface area (Å²) in [5.74, 6) is -0.386. The van der Waals surface area contributed by atoms with Crippen molar-refractivity contribution < 1.29 is 4.39 Å². The van der Waals surface area contributed by atoms with E-state index >= 15 is 0 Å². The summed E-state index contributed by atoms with van der Waals surface area (Å²) in [5.41, 5.74) is 2.09. The number of nitrogens with zero attached hydrogens (tertiary/aromatic N) is 2. The van der Waals surface area contributed by atoms with Crippen molar-refractivity contribution in [3.8, 4) is 0 Å². The van der Waals surface area contributed by atoms with Crippen molar-refractivity contribution in [3.05, 3.63) is 52.8 Å². The minimum absolute atomic E-state index is 0.159. The minimum atomic E-state index is -0.386. The van der Waals surface area contributed by atoms with Crippen LogP contribution in [0.5, 0.6) is 0 Å². The van der Waals surface area contributed by atoms with Crippen molar-refractivity contribution in [1.29, 1.82) is 0 Å². The highest BCUT2D eigenvalue weighted by molar-refractivity contribution is 6.30. The Morgan fingerprint density at radius 2 is 2.16 bits per heavy atom. The Bertz CT molecular complexity index is 551. The molecule has 0 saturated heterocycles. The van der Waals surface area contributed by atoms with Crippen LogP contribution in [0.3, 0.4) is 0 Å². The van der Waals surface area contributed by atoms with Gasteiger partial charge in [-0.1, -0.05) is 17.7 Å². The maximum Gasteiger partial charge on any atom is 0.141 e. The SMILES string of the molecule is CC(C)n1cncc1CNCc1ccc(F)c(Cl)c1. The molecule has 1 aromatic heterocycles. The summed E-state index contributed by atoms with van der Waals surface area (Å²) < 4.78 is 15.1. The molecule has 0 amide bonds. The zero-order valence-corrected chi connectivity index (χ0v) is 11.8. The first-order valence-electron chi connectivity index (χ1n) is 6.23. The van der Waals surface area contributed by atoms with Gasteiger partial charge < -0.3 is 9.88 Å². The van der Waals surface area contributed by atoms with E-state index in [-0.39, 0.29) is 10.8 Å². The first kappa shape index (κ1) is 14.0. The standard InChI is InChI=1S/C14H17ClFN3/c1-10(2)19-9-18-8-12(19)7-17-6-11-3-4-14(16)13(15)5-11/h3-5,8-10,17H,6-7H2,1-2H3. The van der Waals surface area contributed by atoms with E-state index in [4.69, 9.17) is 11.6 Å². The largest absolute Gasteiger partial charge is 0.331 e. The Morgan fingerprint density at radius 1 is 1.37 bits per heavy atom. The Kier molecular flexibility index (Phi) is 4.56. The molecule has 3 nitrogen and oxygen atoms in total. The van der Waals surface area contributed by atoms with Crippen LogP contribution < -0.4 is 5.32 Å². The number of hydrogen-bond acceptors (Lipinski definition) is 2. The van der Waals surface area contributed by atoms with Crippen LogP contribution in [0.25, 0.3) is 0 Å². The summed E-state index contributed by atoms with van der Waals surface area (Å²) in [6.45, 7) is 5.59. The van der Waals surface area contributed by atoms with Crippen LogP contribution in [-0.2, 0) is 13.1 Å². The molecule has 0 bridgehead atoms. The lowest BCUT2D eigenvalue weighted by atomic mass is 10.2. The number of aromatic nitrogens is 2. The molecule has 102 valence electrons. The molecule has 1 N–H and O–H groups in total. The number of hydrogen-bond donors (Lipinski definition) is 1. The second-order valence-corrected chi connectivity index (χ2v) is 5.15. The van der Waals surface area contributed by atoms with Gasteiger partial charge in [-0.05, 0) is 31.5 Å². The summed E-state index contributed by atoms with van der Waals surface area (Å²) in [6, 6.07) is 5.15. The van der Waals surface area contributed by atoms with Crippen LogP contribution in [0.1, 0.15) is 31.1 Å². The molecule has 0 saturated carbocycles. The Balaban J connectivity index is 1.92. The second-order valence-electron chi connectivity index (χ2n) is 4.74. The Labute approximate surface area is 117 Å². The van der Waals surface area contributed by atoms with Crippen molar-refractivity contribution >= 4 is 11.6 Å². The minimum Gasteiger partial charge on any atom is -0.331 e. The van der Waals surface area contributed by atoms with Gasteiger partial charge in [0.25, 0.3) is 0 Å². The number of rotatable bonds is 5. The smallest absolute Gasteiger partial charge is 0.141 e. The van der Waals surface area contributed by atoms with Crippen molar-refractivity contribution in [2.45, 2.75) is 33.0 Å². The quantitative estimate of drug-likeness (QED) is 0.908. The fraction of sp³-hybridized carbons (Fsp3) is 0.357. The van der Waals surface area contributed by atoms with Gasteiger partial charge in [-0.25, -0.2) is 9.37 Å². The van der Waals surface area contributed by atoms with Gasteiger partial charge in [-0.2, -0.15) is 0 Å². The van der Waals surface area contributed by atoms with Gasteiger partial charge >= 0.3 is 0 Å². The molecular formula is C14H17ClFN3. The van der Waals surface area contributed by atoms with Crippen LogP contribution in [-0.4, -0.2) is 9.55 Å². The molecule has 0 aliphatic heterocycles. The summed E-state index contributed by atoms with van der Waals surface area (Å²) in [4.78, 5) is 4.15. The van der Waals surface area contributed by atoms with E-state index in [1.165, 1.54) is 6.07 Å². The zero-order chi connectivity index (χ0) is 13.8. The Morgan fingerprint density at radius 3 is 2.84 bits per heavy atom. The maximum absolute atomic E-state index is 13.0. The molecule has 0 fully saturated rings. The number of benzene rings is 1. The van der Waals surface area contributed by atoms with Crippen molar-refractivity contribution in [2.24, 2.45) is 0 Å². The highest BCUT2D eigenvalue weighted by Crippen LogP contribution is 2.16. The summed E-state index contributed by atoms with van der Waals surface area (Å²) in [6.07, 6.45) is 3.68. The van der Waals surface area contributed by atoms with Crippen molar-refractivity contribution in [3.63, 3.8) is 0 Å². The lowest BCUT2D eigenvalue weighted by Crippen LogP contribution is -2.16. The number of halogens is 2. The summed E-state index contributed by atoms with van der Waals surface area (Å²) in [7, 11) is 0. The van der Waals surface area contributed by atoms with Crippen LogP contribution in [0.2, 0.25) is 5.02 Å². The van der Waals surface area contributed by atoms with Gasteiger partial charge in [0.05, 0.1) is 17.0 Å². The number of nitrogens with one attached hydrogen (secondary N) is 1. The molecule has 0 aliphatic carbocycles. The first-order valence-corrected chi connectivity index (χ1v) is 6.61. The normalized spacial score (nSPS) is 11.2. The first-order chi connectivity index (χ1) is 9.08. The average Bonchev–Trinajstić information content (AvgIpc) is 2.82. The molecule has 0 radical (unpaired) electrons. The lowest BCUT2D eigenvalue weighted by Gasteiger charge is -2.12. The molecular weight excluding hydrogens is 265 g/mol. The van der Waals surface area contributed by atoms with Crippen LogP contribution in [0.4, 0.5) is 4.39 Å². The van der Waals surface area contributed by atoms with Gasteiger partial charge in [-0.3, -0.25) is 0 Å². The van der Waals surface area contributed by atoms with Gasteiger partial charge in [-0.15, -0.1) is 0 Å². The average molecular weight is 282 g/mol. The summed E-state index contributed by atoms with van der Waals surface area (Å²) in [5, 5.41) is 3.46. The predicted molar refractivity (Wildman–Crippen MR) is 74.6 cm³/mol. The monoisotopic (exact) mass is 281 g/mol. The molecule has 0 spiro atoms. The molecule has 2 aromatic rings. The highest BCUT2D eigenvalue weighted by Gasteiger charge is 2.05. The zero-order valence-electron chi connectivity index (χ0n) is 11.0. The molecule has 0 unspecified atom stereocenters. The fourth-order valence-corrected chi connectivity index (χ4v) is 2.12.